The van der Waals surface area contributed by atoms with Crippen LogP contribution in [0.25, 0.3) is 0 Å². The molecule has 64 valence electrons. The predicted octanol–water partition coefficient (Wildman–Crippen LogP) is 1.59. The van der Waals surface area contributed by atoms with Crippen molar-refractivity contribution in [3.8, 4) is 0 Å². The zero-order valence-electron chi connectivity index (χ0n) is 6.79. The molecule has 2 heterocycles. The van der Waals surface area contributed by atoms with Gasteiger partial charge >= 0.3 is 19.5 Å². The summed E-state index contributed by atoms with van der Waals surface area (Å²) in [5, 5.41) is 0. The van der Waals surface area contributed by atoms with Gasteiger partial charge in [0.05, 0.1) is 0 Å². The summed E-state index contributed by atoms with van der Waals surface area (Å²) < 4.78 is 0. The van der Waals surface area contributed by atoms with Gasteiger partial charge < -0.3 is 9.97 Å². The molecule has 0 atom stereocenters. The van der Waals surface area contributed by atoms with Crippen LogP contribution in [0.15, 0.2) is 42.9 Å². The fourth-order valence-electron chi connectivity index (χ4n) is 0.634. The summed E-state index contributed by atoms with van der Waals surface area (Å²) in [4.78, 5) is 7.64. The van der Waals surface area contributed by atoms with E-state index in [4.69, 9.17) is 0 Å². The van der Waals surface area contributed by atoms with Gasteiger partial charge in [0.1, 0.15) is 0 Å². The number of aromatic nitrogens is 2. The van der Waals surface area contributed by atoms with Crippen molar-refractivity contribution in [2.24, 2.45) is 0 Å². The van der Waals surface area contributed by atoms with Crippen LogP contribution in [0.5, 0.6) is 0 Å². The predicted molar refractivity (Wildman–Crippen MR) is 44.3 cm³/mol. The molecular weight excluding hydrogens is 237 g/mol. The van der Waals surface area contributed by atoms with Crippen LogP contribution in [0.4, 0.5) is 0 Å². The average molecular weight is 247 g/mol. The molecule has 2 aromatic heterocycles. The van der Waals surface area contributed by atoms with E-state index in [1.165, 1.54) is 0 Å². The van der Waals surface area contributed by atoms with E-state index in [9.17, 15) is 0 Å². The number of hydrogen-bond donors (Lipinski definition) is 0. The van der Waals surface area contributed by atoms with Crippen molar-refractivity contribution in [1.82, 2.24) is 9.97 Å². The van der Waals surface area contributed by atoms with Gasteiger partial charge in [-0.25, -0.2) is 0 Å². The summed E-state index contributed by atoms with van der Waals surface area (Å²) in [6, 6.07) is 7.68. The molecule has 0 aromatic carbocycles. The quantitative estimate of drug-likeness (QED) is 0.661. The summed E-state index contributed by atoms with van der Waals surface area (Å²) in [7, 11) is 0. The molecule has 0 fully saturated rings. The van der Waals surface area contributed by atoms with E-state index in [0.29, 0.717) is 0 Å². The van der Waals surface area contributed by atoms with Crippen molar-refractivity contribution < 1.29 is 19.5 Å². The van der Waals surface area contributed by atoms with Crippen molar-refractivity contribution in [2.45, 2.75) is 6.92 Å². The number of aryl methyl sites for hydroxylation is 1. The van der Waals surface area contributed by atoms with Gasteiger partial charge in [0.2, 0.25) is 0 Å². The zero-order valence-corrected chi connectivity index (χ0v) is 8.53. The van der Waals surface area contributed by atoms with Gasteiger partial charge in [0, 0.05) is 0 Å². The van der Waals surface area contributed by atoms with Crippen LogP contribution in [0.1, 0.15) is 5.69 Å². The zero-order chi connectivity index (χ0) is 7.94. The smallest absolute Gasteiger partial charge is 0.670 e. The molecule has 0 radical (unpaired) electrons. The number of nitrogens with zero attached hydrogens (tertiary/aromatic N) is 2. The van der Waals surface area contributed by atoms with Gasteiger partial charge in [-0.3, -0.25) is 0 Å². The van der Waals surface area contributed by atoms with Gasteiger partial charge in [0.25, 0.3) is 0 Å². The number of rotatable bonds is 0. The van der Waals surface area contributed by atoms with Gasteiger partial charge in [-0.15, -0.1) is 0 Å². The Kier molecular flexibility index (Phi) is 6.40. The molecule has 12 heavy (non-hydrogen) atoms. The van der Waals surface area contributed by atoms with E-state index >= 15 is 0 Å². The van der Waals surface area contributed by atoms with Crippen LogP contribution in [0.3, 0.4) is 0 Å². The SMILES string of the molecule is Cc1ccc[n-]1.[Ru+2].c1cc[n-]c1. The van der Waals surface area contributed by atoms with Crippen molar-refractivity contribution in [3.05, 3.63) is 48.5 Å². The second kappa shape index (κ2) is 6.87. The Bertz CT molecular complexity index is 231. The molecule has 0 unspecified atom stereocenters. The van der Waals surface area contributed by atoms with Gasteiger partial charge in [0.15, 0.2) is 0 Å². The van der Waals surface area contributed by atoms with E-state index in [1.807, 2.05) is 31.2 Å². The van der Waals surface area contributed by atoms with E-state index in [1.54, 1.807) is 18.6 Å². The second-order valence-electron chi connectivity index (χ2n) is 2.11. The maximum Gasteiger partial charge on any atom is 2.00 e. The Labute approximate surface area is 85.2 Å². The van der Waals surface area contributed by atoms with Crippen molar-refractivity contribution in [1.29, 1.82) is 0 Å². The summed E-state index contributed by atoms with van der Waals surface area (Å²) in [5.74, 6) is 0. The first-order valence-corrected chi connectivity index (χ1v) is 3.45. The first-order chi connectivity index (χ1) is 5.39. The van der Waals surface area contributed by atoms with Crippen LogP contribution in [0.2, 0.25) is 0 Å². The molecule has 2 nitrogen and oxygen atoms in total. The van der Waals surface area contributed by atoms with Crippen LogP contribution >= 0.6 is 0 Å². The Morgan fingerprint density at radius 2 is 1.67 bits per heavy atom. The molecule has 0 saturated carbocycles. The molecule has 0 N–H and O–H groups in total. The molecule has 0 aliphatic carbocycles. The molecule has 0 aliphatic heterocycles. The van der Waals surface area contributed by atoms with Crippen LogP contribution in [0, 0.1) is 6.92 Å². The van der Waals surface area contributed by atoms with Crippen LogP contribution < -0.4 is 9.97 Å². The number of hydrogen-bond acceptors (Lipinski definition) is 0. The minimum Gasteiger partial charge on any atom is -0.670 e. The fraction of sp³-hybridized carbons (Fsp3) is 0.111. The average Bonchev–Trinajstić information content (AvgIpc) is 2.57. The third-order valence-corrected chi connectivity index (χ3v) is 1.16. The van der Waals surface area contributed by atoms with Gasteiger partial charge in [-0.05, 0) is 0 Å². The first-order valence-electron chi connectivity index (χ1n) is 3.45. The van der Waals surface area contributed by atoms with E-state index < -0.39 is 0 Å². The van der Waals surface area contributed by atoms with E-state index in [2.05, 4.69) is 9.97 Å². The molecule has 2 rings (SSSR count). The molecule has 0 bridgehead atoms. The molecule has 0 aliphatic rings. The standard InChI is InChI=1S/C5H6N.C4H4N.Ru/c1-5-3-2-4-6-5;1-2-4-5-3-1;/h2-4H,1H3;1-4H;/q2*-1;+2. The summed E-state index contributed by atoms with van der Waals surface area (Å²) in [6.45, 7) is 1.97. The van der Waals surface area contributed by atoms with Gasteiger partial charge in [-0.1, -0.05) is 31.2 Å². The molecule has 3 heteroatoms. The van der Waals surface area contributed by atoms with Crippen LogP contribution in [-0.4, -0.2) is 0 Å². The maximum atomic E-state index is 3.92. The molecule has 0 amide bonds. The summed E-state index contributed by atoms with van der Waals surface area (Å²) >= 11 is 0. The van der Waals surface area contributed by atoms with Crippen molar-refractivity contribution in [3.63, 3.8) is 0 Å². The third-order valence-electron chi connectivity index (χ3n) is 1.16. The van der Waals surface area contributed by atoms with Gasteiger partial charge in [-0.2, -0.15) is 24.3 Å². The Hall–Kier alpha value is -0.817. The topological polar surface area (TPSA) is 28.2 Å². The molecular formula is C9H10N2Ru. The first kappa shape index (κ1) is 11.2. The third kappa shape index (κ3) is 4.92. The minimum absolute atomic E-state index is 0. The Morgan fingerprint density at radius 1 is 1.00 bits per heavy atom. The van der Waals surface area contributed by atoms with E-state index in [-0.39, 0.29) is 19.5 Å². The monoisotopic (exact) mass is 248 g/mol. The minimum atomic E-state index is 0. The largest absolute Gasteiger partial charge is 2.00 e. The molecule has 0 spiro atoms. The summed E-state index contributed by atoms with van der Waals surface area (Å²) in [6.07, 6.45) is 5.29. The summed E-state index contributed by atoms with van der Waals surface area (Å²) in [5.41, 5.74) is 1.09. The maximum absolute atomic E-state index is 3.92. The van der Waals surface area contributed by atoms with Crippen molar-refractivity contribution in [2.75, 3.05) is 0 Å². The second-order valence-corrected chi connectivity index (χ2v) is 2.11. The van der Waals surface area contributed by atoms with Crippen LogP contribution in [-0.2, 0) is 19.5 Å². The normalized spacial score (nSPS) is 7.75. The van der Waals surface area contributed by atoms with E-state index in [0.717, 1.165) is 5.69 Å². The molecule has 0 saturated heterocycles. The van der Waals surface area contributed by atoms with Crippen molar-refractivity contribution >= 4 is 0 Å². The molecule has 2 aromatic rings. The Morgan fingerprint density at radius 3 is 1.83 bits per heavy atom. The Balaban J connectivity index is 0.000000189. The fourth-order valence-corrected chi connectivity index (χ4v) is 0.634.